The molecule has 0 heterocycles. The molecular weight excluding hydrogens is 382 g/mol. The van der Waals surface area contributed by atoms with Crippen molar-refractivity contribution in [3.05, 3.63) is 71.8 Å². The molecule has 0 aromatic heterocycles. The Morgan fingerprint density at radius 1 is 0.931 bits per heavy atom. The van der Waals surface area contributed by atoms with Gasteiger partial charge in [-0.05, 0) is 37.7 Å². The summed E-state index contributed by atoms with van der Waals surface area (Å²) >= 11 is 1.26. The van der Waals surface area contributed by atoms with E-state index in [0.29, 0.717) is 18.8 Å². The van der Waals surface area contributed by atoms with Gasteiger partial charge in [0.1, 0.15) is 6.04 Å². The molecule has 0 amide bonds. The van der Waals surface area contributed by atoms with Gasteiger partial charge in [-0.1, -0.05) is 79.3 Å². The lowest BCUT2D eigenvalue weighted by atomic mass is 9.84. The van der Waals surface area contributed by atoms with Crippen LogP contribution in [0.1, 0.15) is 38.8 Å². The zero-order valence-corrected chi connectivity index (χ0v) is 18.6. The Labute approximate surface area is 178 Å². The van der Waals surface area contributed by atoms with Gasteiger partial charge in [-0.15, -0.1) is 0 Å². The van der Waals surface area contributed by atoms with E-state index in [9.17, 15) is 9.59 Å². The first kappa shape index (κ1) is 23.2. The highest BCUT2D eigenvalue weighted by Crippen LogP contribution is 2.34. The first-order chi connectivity index (χ1) is 13.9. The maximum Gasteiger partial charge on any atom is 0.324 e. The molecule has 2 aromatic carbocycles. The molecule has 0 saturated heterocycles. The minimum atomic E-state index is -0.892. The van der Waals surface area contributed by atoms with E-state index in [-0.39, 0.29) is 17.7 Å². The van der Waals surface area contributed by atoms with Crippen molar-refractivity contribution in [1.82, 2.24) is 4.90 Å². The first-order valence-corrected chi connectivity index (χ1v) is 11.0. The summed E-state index contributed by atoms with van der Waals surface area (Å²) in [6.07, 6.45) is 0. The van der Waals surface area contributed by atoms with Gasteiger partial charge < -0.3 is 4.74 Å². The standard InChI is InChI=1S/C24H31NO3S/c1-5-28-22(26)21(24(3,4)23(27)29-6-2)25(17-19-13-9-7-10-14-19)18-20-15-11-8-12-16-20/h7-16,21H,5-6,17-18H2,1-4H3. The minimum absolute atomic E-state index is 0.00387. The van der Waals surface area contributed by atoms with Crippen LogP contribution >= 0.6 is 11.8 Å². The zero-order chi connectivity index (χ0) is 21.3. The molecule has 0 spiro atoms. The van der Waals surface area contributed by atoms with Crippen molar-refractivity contribution in [3.8, 4) is 0 Å². The maximum atomic E-state index is 13.1. The lowest BCUT2D eigenvalue weighted by Crippen LogP contribution is -2.53. The Kier molecular flexibility index (Phi) is 8.93. The number of hydrogen-bond acceptors (Lipinski definition) is 5. The number of rotatable bonds is 10. The molecule has 4 nitrogen and oxygen atoms in total. The van der Waals surface area contributed by atoms with Gasteiger partial charge in [-0.2, -0.15) is 0 Å². The van der Waals surface area contributed by atoms with Gasteiger partial charge in [0.2, 0.25) is 0 Å². The molecule has 0 radical (unpaired) electrons. The average molecular weight is 414 g/mol. The second kappa shape index (κ2) is 11.2. The van der Waals surface area contributed by atoms with Crippen LogP contribution in [-0.2, 0) is 27.4 Å². The molecule has 0 aliphatic rings. The number of carbonyl (C=O) groups is 2. The second-order valence-electron chi connectivity index (χ2n) is 7.47. The Balaban J connectivity index is 2.46. The molecule has 0 aliphatic carbocycles. The highest BCUT2D eigenvalue weighted by atomic mass is 32.2. The quantitative estimate of drug-likeness (QED) is 0.517. The van der Waals surface area contributed by atoms with Crippen LogP contribution in [0.4, 0.5) is 0 Å². The van der Waals surface area contributed by atoms with Gasteiger partial charge in [0.25, 0.3) is 0 Å². The van der Waals surface area contributed by atoms with Gasteiger partial charge in [0.05, 0.1) is 12.0 Å². The van der Waals surface area contributed by atoms with E-state index in [2.05, 4.69) is 4.90 Å². The number of thioether (sulfide) groups is 1. The van der Waals surface area contributed by atoms with Crippen LogP contribution in [0.15, 0.2) is 60.7 Å². The first-order valence-electron chi connectivity index (χ1n) is 10.1. The molecule has 2 aromatic rings. The van der Waals surface area contributed by atoms with Crippen molar-refractivity contribution in [2.24, 2.45) is 5.41 Å². The summed E-state index contributed by atoms with van der Waals surface area (Å²) in [6.45, 7) is 8.82. The molecule has 0 N–H and O–H groups in total. The van der Waals surface area contributed by atoms with E-state index in [1.165, 1.54) is 11.8 Å². The van der Waals surface area contributed by atoms with E-state index in [4.69, 9.17) is 4.74 Å². The Bertz CT molecular complexity index is 736. The monoisotopic (exact) mass is 413 g/mol. The van der Waals surface area contributed by atoms with Crippen LogP contribution in [0.2, 0.25) is 0 Å². The van der Waals surface area contributed by atoms with Crippen molar-refractivity contribution in [3.63, 3.8) is 0 Å². The maximum absolute atomic E-state index is 13.1. The number of hydrogen-bond donors (Lipinski definition) is 0. The van der Waals surface area contributed by atoms with E-state index in [0.717, 1.165) is 11.1 Å². The lowest BCUT2D eigenvalue weighted by Gasteiger charge is -2.39. The third-order valence-corrected chi connectivity index (χ3v) is 5.89. The van der Waals surface area contributed by atoms with Crippen molar-refractivity contribution in [1.29, 1.82) is 0 Å². The second-order valence-corrected chi connectivity index (χ2v) is 8.71. The molecule has 1 unspecified atom stereocenters. The fraction of sp³-hybridized carbons (Fsp3) is 0.417. The summed E-state index contributed by atoms with van der Waals surface area (Å²) in [6, 6.07) is 19.3. The molecule has 156 valence electrons. The van der Waals surface area contributed by atoms with Gasteiger partial charge in [0.15, 0.2) is 5.12 Å². The van der Waals surface area contributed by atoms with Gasteiger partial charge in [-0.25, -0.2) is 0 Å². The molecule has 29 heavy (non-hydrogen) atoms. The number of benzene rings is 2. The zero-order valence-electron chi connectivity index (χ0n) is 17.8. The third-order valence-electron chi connectivity index (χ3n) is 4.82. The number of nitrogens with zero attached hydrogens (tertiary/aromatic N) is 1. The van der Waals surface area contributed by atoms with Crippen LogP contribution in [-0.4, -0.2) is 34.4 Å². The normalized spacial score (nSPS) is 12.6. The van der Waals surface area contributed by atoms with E-state index >= 15 is 0 Å². The summed E-state index contributed by atoms with van der Waals surface area (Å²) in [5, 5.41) is 0.00387. The highest BCUT2D eigenvalue weighted by Gasteiger charge is 2.45. The summed E-state index contributed by atoms with van der Waals surface area (Å²) in [7, 11) is 0. The van der Waals surface area contributed by atoms with E-state index in [1.54, 1.807) is 6.92 Å². The highest BCUT2D eigenvalue weighted by molar-refractivity contribution is 8.13. The number of esters is 1. The summed E-state index contributed by atoms with van der Waals surface area (Å²) in [4.78, 5) is 28.1. The topological polar surface area (TPSA) is 46.6 Å². The average Bonchev–Trinajstić information content (AvgIpc) is 2.70. The number of ether oxygens (including phenoxy) is 1. The molecule has 0 saturated carbocycles. The van der Waals surface area contributed by atoms with E-state index in [1.807, 2.05) is 81.4 Å². The molecular formula is C24H31NO3S. The molecule has 0 fully saturated rings. The third kappa shape index (κ3) is 6.44. The lowest BCUT2D eigenvalue weighted by molar-refractivity contribution is -0.157. The van der Waals surface area contributed by atoms with Crippen molar-refractivity contribution in [2.75, 3.05) is 12.4 Å². The predicted octanol–water partition coefficient (Wildman–Crippen LogP) is 4.93. The summed E-state index contributed by atoms with van der Waals surface area (Å²) in [5.74, 6) is 0.323. The fourth-order valence-corrected chi connectivity index (χ4v) is 4.17. The number of carbonyl (C=O) groups excluding carboxylic acids is 2. The van der Waals surface area contributed by atoms with E-state index < -0.39 is 11.5 Å². The van der Waals surface area contributed by atoms with Crippen LogP contribution in [0.3, 0.4) is 0 Å². The summed E-state index contributed by atoms with van der Waals surface area (Å²) in [5.41, 5.74) is 1.28. The fourth-order valence-electron chi connectivity index (χ4n) is 3.42. The largest absolute Gasteiger partial charge is 0.465 e. The smallest absolute Gasteiger partial charge is 0.324 e. The van der Waals surface area contributed by atoms with Crippen LogP contribution < -0.4 is 0 Å². The predicted molar refractivity (Wildman–Crippen MR) is 119 cm³/mol. The Hall–Kier alpha value is -2.11. The Morgan fingerprint density at radius 3 is 1.83 bits per heavy atom. The van der Waals surface area contributed by atoms with Gasteiger partial charge in [-0.3, -0.25) is 14.5 Å². The minimum Gasteiger partial charge on any atom is -0.465 e. The molecule has 0 aliphatic heterocycles. The SMILES string of the molecule is CCOC(=O)C(N(Cc1ccccc1)Cc1ccccc1)C(C)(C)C(=O)SCC. The van der Waals surface area contributed by atoms with Crippen molar-refractivity contribution < 1.29 is 14.3 Å². The molecule has 5 heteroatoms. The molecule has 1 atom stereocenters. The molecule has 2 rings (SSSR count). The van der Waals surface area contributed by atoms with Gasteiger partial charge in [0, 0.05) is 13.1 Å². The Morgan fingerprint density at radius 2 is 1.41 bits per heavy atom. The van der Waals surface area contributed by atoms with Crippen LogP contribution in [0, 0.1) is 5.41 Å². The molecule has 0 bridgehead atoms. The van der Waals surface area contributed by atoms with Crippen molar-refractivity contribution in [2.45, 2.75) is 46.8 Å². The van der Waals surface area contributed by atoms with Crippen molar-refractivity contribution >= 4 is 22.8 Å². The summed E-state index contributed by atoms with van der Waals surface area (Å²) < 4.78 is 5.43. The van der Waals surface area contributed by atoms with Gasteiger partial charge >= 0.3 is 5.97 Å². The van der Waals surface area contributed by atoms with Crippen LogP contribution in [0.5, 0.6) is 0 Å². The van der Waals surface area contributed by atoms with Crippen LogP contribution in [0.25, 0.3) is 0 Å².